The van der Waals surface area contributed by atoms with Crippen LogP contribution in [0.4, 0.5) is 0 Å². The molecular weight excluding hydrogens is 424 g/mol. The zero-order chi connectivity index (χ0) is 18.0. The summed E-state index contributed by atoms with van der Waals surface area (Å²) >= 11 is 25.4. The molecule has 8 heteroatoms. The van der Waals surface area contributed by atoms with Gasteiger partial charge in [-0.1, -0.05) is 52.5 Å². The van der Waals surface area contributed by atoms with Crippen LogP contribution in [0.1, 0.15) is 21.1 Å². The van der Waals surface area contributed by atoms with Crippen molar-refractivity contribution in [1.82, 2.24) is 4.98 Å². The van der Waals surface area contributed by atoms with Gasteiger partial charge in [0.05, 0.1) is 5.01 Å². The smallest absolute Gasteiger partial charge is 0.363 e. The van der Waals surface area contributed by atoms with E-state index in [0.29, 0.717) is 31.5 Å². The number of carbonyl (C=O) groups is 1. The number of ether oxygens (including phenoxy) is 1. The Balaban J connectivity index is 1.75. The van der Waals surface area contributed by atoms with Crippen LogP contribution in [0.25, 0.3) is 0 Å². The number of aromatic nitrogens is 1. The van der Waals surface area contributed by atoms with Crippen LogP contribution < -0.4 is 4.74 Å². The second-order valence-corrected chi connectivity index (χ2v) is 7.63. The molecule has 3 rings (SSSR count). The highest BCUT2D eigenvalue weighted by Gasteiger charge is 2.16. The van der Waals surface area contributed by atoms with Gasteiger partial charge in [0.1, 0.15) is 5.75 Å². The van der Waals surface area contributed by atoms with Crippen LogP contribution in [-0.4, -0.2) is 11.0 Å². The summed E-state index contributed by atoms with van der Waals surface area (Å²) in [6.07, 6.45) is 0.430. The average Bonchev–Trinajstić information content (AvgIpc) is 2.99. The van der Waals surface area contributed by atoms with Gasteiger partial charge in [-0.2, -0.15) is 0 Å². The lowest BCUT2D eigenvalue weighted by Gasteiger charge is -2.04. The summed E-state index contributed by atoms with van der Waals surface area (Å²) < 4.78 is 5.26. The molecule has 0 aliphatic rings. The van der Waals surface area contributed by atoms with Crippen LogP contribution in [0.2, 0.25) is 20.1 Å². The zero-order valence-electron chi connectivity index (χ0n) is 12.4. The van der Waals surface area contributed by atoms with Gasteiger partial charge in [0.15, 0.2) is 5.69 Å². The van der Waals surface area contributed by atoms with E-state index in [9.17, 15) is 4.79 Å². The molecule has 0 aliphatic carbocycles. The van der Waals surface area contributed by atoms with Crippen LogP contribution in [0.15, 0.2) is 41.8 Å². The van der Waals surface area contributed by atoms with Crippen LogP contribution in [0.3, 0.4) is 0 Å². The first-order valence-electron chi connectivity index (χ1n) is 6.98. The van der Waals surface area contributed by atoms with Gasteiger partial charge in [0.2, 0.25) is 0 Å². The highest BCUT2D eigenvalue weighted by atomic mass is 35.5. The number of rotatable bonds is 4. The Morgan fingerprint density at radius 2 is 1.68 bits per heavy atom. The second-order valence-electron chi connectivity index (χ2n) is 5.00. The number of hydrogen-bond acceptors (Lipinski definition) is 4. The van der Waals surface area contributed by atoms with Crippen molar-refractivity contribution in [2.75, 3.05) is 0 Å². The van der Waals surface area contributed by atoms with E-state index in [1.807, 2.05) is 0 Å². The van der Waals surface area contributed by atoms with Gasteiger partial charge in [-0.15, -0.1) is 11.3 Å². The number of carbonyl (C=O) groups excluding carboxylic acids is 1. The Kier molecular flexibility index (Phi) is 5.87. The molecular formula is C17H9Cl4NO2S. The van der Waals surface area contributed by atoms with Gasteiger partial charge in [-0.3, -0.25) is 0 Å². The summed E-state index contributed by atoms with van der Waals surface area (Å²) in [4.78, 5) is 16.5. The summed E-state index contributed by atoms with van der Waals surface area (Å²) in [5.41, 5.74) is 0.959. The first kappa shape index (κ1) is 18.5. The Hall–Kier alpha value is -1.30. The van der Waals surface area contributed by atoms with E-state index in [2.05, 4.69) is 4.98 Å². The van der Waals surface area contributed by atoms with Gasteiger partial charge in [-0.05, 0) is 35.9 Å². The molecule has 0 spiro atoms. The van der Waals surface area contributed by atoms with E-state index in [1.165, 1.54) is 23.5 Å². The number of thiazole rings is 1. The lowest BCUT2D eigenvalue weighted by atomic mass is 10.1. The molecule has 0 amide bonds. The Morgan fingerprint density at radius 1 is 1.04 bits per heavy atom. The lowest BCUT2D eigenvalue weighted by molar-refractivity contribution is 0.0729. The molecule has 128 valence electrons. The third-order valence-electron chi connectivity index (χ3n) is 3.20. The third kappa shape index (κ3) is 4.66. The van der Waals surface area contributed by atoms with Crippen molar-refractivity contribution < 1.29 is 9.53 Å². The van der Waals surface area contributed by atoms with Gasteiger partial charge in [-0.25, -0.2) is 9.78 Å². The fourth-order valence-electron chi connectivity index (χ4n) is 2.09. The average molecular weight is 433 g/mol. The maximum atomic E-state index is 12.2. The molecule has 0 saturated carbocycles. The minimum Gasteiger partial charge on any atom is -0.422 e. The third-order valence-corrected chi connectivity index (χ3v) is 5.19. The molecule has 0 unspecified atom stereocenters. The van der Waals surface area contributed by atoms with E-state index in [0.717, 1.165) is 5.56 Å². The molecule has 0 fully saturated rings. The highest BCUT2D eigenvalue weighted by Crippen LogP contribution is 2.28. The monoisotopic (exact) mass is 431 g/mol. The van der Waals surface area contributed by atoms with Crippen molar-refractivity contribution in [2.45, 2.75) is 6.42 Å². The molecule has 1 heterocycles. The quantitative estimate of drug-likeness (QED) is 0.345. The Morgan fingerprint density at radius 3 is 2.32 bits per heavy atom. The fourth-order valence-corrected chi connectivity index (χ4v) is 3.90. The molecule has 0 aliphatic heterocycles. The van der Waals surface area contributed by atoms with Crippen LogP contribution >= 0.6 is 57.7 Å². The molecule has 1 aromatic heterocycles. The molecule has 3 aromatic rings. The molecule has 3 nitrogen and oxygen atoms in total. The number of esters is 1. The number of halogens is 4. The number of nitrogens with zero attached hydrogens (tertiary/aromatic N) is 1. The molecule has 0 atom stereocenters. The van der Waals surface area contributed by atoms with Gasteiger partial charge >= 0.3 is 5.97 Å². The van der Waals surface area contributed by atoms with Crippen molar-refractivity contribution >= 4 is 63.7 Å². The fraction of sp³-hybridized carbons (Fsp3) is 0.0588. The second kappa shape index (κ2) is 7.94. The normalized spacial score (nSPS) is 10.7. The minimum absolute atomic E-state index is 0.194. The summed E-state index contributed by atoms with van der Waals surface area (Å²) in [5, 5.41) is 4.19. The van der Waals surface area contributed by atoms with Crippen LogP contribution in [0, 0.1) is 0 Å². The van der Waals surface area contributed by atoms with Gasteiger partial charge in [0, 0.05) is 31.9 Å². The van der Waals surface area contributed by atoms with E-state index >= 15 is 0 Å². The van der Waals surface area contributed by atoms with Crippen molar-refractivity contribution in [3.05, 3.63) is 78.1 Å². The maximum Gasteiger partial charge on any atom is 0.363 e. The van der Waals surface area contributed by atoms with Gasteiger partial charge < -0.3 is 4.74 Å². The molecule has 2 aromatic carbocycles. The van der Waals surface area contributed by atoms with Crippen molar-refractivity contribution in [3.63, 3.8) is 0 Å². The van der Waals surface area contributed by atoms with Crippen molar-refractivity contribution in [3.8, 4) is 5.75 Å². The zero-order valence-corrected chi connectivity index (χ0v) is 16.3. The van der Waals surface area contributed by atoms with E-state index in [-0.39, 0.29) is 11.4 Å². The number of hydrogen-bond donors (Lipinski definition) is 0. The summed E-state index contributed by atoms with van der Waals surface area (Å²) in [6, 6.07) is 9.84. The van der Waals surface area contributed by atoms with E-state index < -0.39 is 5.97 Å². The summed E-state index contributed by atoms with van der Waals surface area (Å²) in [6.45, 7) is 0. The summed E-state index contributed by atoms with van der Waals surface area (Å²) in [5.74, 6) is -0.336. The Labute approximate surface area is 168 Å². The minimum atomic E-state index is -0.592. The van der Waals surface area contributed by atoms with Crippen molar-refractivity contribution in [1.29, 1.82) is 0 Å². The van der Waals surface area contributed by atoms with Crippen LogP contribution in [-0.2, 0) is 6.42 Å². The predicted molar refractivity (Wildman–Crippen MR) is 103 cm³/mol. The first-order valence-corrected chi connectivity index (χ1v) is 9.37. The van der Waals surface area contributed by atoms with Crippen molar-refractivity contribution in [2.24, 2.45) is 0 Å². The largest absolute Gasteiger partial charge is 0.422 e. The topological polar surface area (TPSA) is 39.2 Å². The molecule has 25 heavy (non-hydrogen) atoms. The molecule has 0 N–H and O–H groups in total. The maximum absolute atomic E-state index is 12.2. The standard InChI is InChI=1S/C17H9Cl4NO2S/c18-9-4-10(19)6-11(5-9)24-17(23)15-8-25-16(22-15)7-12-13(20)2-1-3-14(12)21/h1-6,8H,7H2. The molecule has 0 saturated heterocycles. The van der Waals surface area contributed by atoms with Crippen LogP contribution in [0.5, 0.6) is 5.75 Å². The van der Waals surface area contributed by atoms with E-state index in [1.54, 1.807) is 29.6 Å². The lowest BCUT2D eigenvalue weighted by Crippen LogP contribution is -2.09. The summed E-state index contributed by atoms with van der Waals surface area (Å²) in [7, 11) is 0. The molecule has 0 bridgehead atoms. The van der Waals surface area contributed by atoms with Gasteiger partial charge in [0.25, 0.3) is 0 Å². The Bertz CT molecular complexity index is 902. The van der Waals surface area contributed by atoms with E-state index in [4.69, 9.17) is 51.1 Å². The molecule has 0 radical (unpaired) electrons. The predicted octanol–water partition coefficient (Wildman–Crippen LogP) is 6.57. The SMILES string of the molecule is O=C(Oc1cc(Cl)cc(Cl)c1)c1csc(Cc2c(Cl)cccc2Cl)n1. The first-order chi connectivity index (χ1) is 11.9. The highest BCUT2D eigenvalue weighted by molar-refractivity contribution is 7.09. The number of benzene rings is 2.